The van der Waals surface area contributed by atoms with Crippen molar-refractivity contribution in [2.75, 3.05) is 12.3 Å². The summed E-state index contributed by atoms with van der Waals surface area (Å²) in [5.41, 5.74) is 9.14. The summed E-state index contributed by atoms with van der Waals surface area (Å²) in [4.78, 5) is 30.2. The van der Waals surface area contributed by atoms with Gasteiger partial charge in [-0.2, -0.15) is 4.98 Å². The van der Waals surface area contributed by atoms with E-state index < -0.39 is 0 Å². The van der Waals surface area contributed by atoms with Gasteiger partial charge < -0.3 is 16.4 Å². The number of amides is 2. The highest BCUT2D eigenvalue weighted by Crippen LogP contribution is 2.28. The Hall–Kier alpha value is -3.72. The summed E-state index contributed by atoms with van der Waals surface area (Å²) >= 11 is 1.35. The summed E-state index contributed by atoms with van der Waals surface area (Å²) in [5.74, 6) is -0.301. The molecule has 8 nitrogen and oxygen atoms in total. The third kappa shape index (κ3) is 4.33. The average Bonchev–Trinajstić information content (AvgIpc) is 3.43. The average molecular weight is 449 g/mol. The van der Waals surface area contributed by atoms with Crippen LogP contribution in [0.15, 0.2) is 54.0 Å². The third-order valence-electron chi connectivity index (χ3n) is 5.10. The molecule has 0 aliphatic heterocycles. The first-order chi connectivity index (χ1) is 15.5. The number of carbonyl (C=O) groups is 2. The summed E-state index contributed by atoms with van der Waals surface area (Å²) in [6.45, 7) is 4.38. The lowest BCUT2D eigenvalue weighted by Crippen LogP contribution is -2.27. The molecule has 1 atom stereocenters. The van der Waals surface area contributed by atoms with E-state index in [1.54, 1.807) is 12.3 Å². The van der Waals surface area contributed by atoms with Crippen LogP contribution >= 0.6 is 11.3 Å². The smallest absolute Gasteiger partial charge is 0.261 e. The van der Waals surface area contributed by atoms with E-state index >= 15 is 0 Å². The first kappa shape index (κ1) is 21.5. The highest BCUT2D eigenvalue weighted by atomic mass is 32.1. The Labute approximate surface area is 189 Å². The van der Waals surface area contributed by atoms with E-state index in [2.05, 4.69) is 20.7 Å². The lowest BCUT2D eigenvalue weighted by Gasteiger charge is -2.16. The maximum absolute atomic E-state index is 12.9. The van der Waals surface area contributed by atoms with Gasteiger partial charge in [0.25, 0.3) is 11.8 Å². The largest absolute Gasteiger partial charge is 0.366 e. The van der Waals surface area contributed by atoms with Crippen molar-refractivity contribution in [3.63, 3.8) is 0 Å². The van der Waals surface area contributed by atoms with Gasteiger partial charge in [0.05, 0.1) is 16.5 Å². The number of aromatic nitrogens is 3. The second-order valence-corrected chi connectivity index (χ2v) is 8.20. The standard InChI is InChI=1S/C23H24N6O2S/c1-3-18(14-8-6-5-7-9-14)26-22(31)19-11-16(13-32-19)15-10-17(21(30)25-4-2)20-27-23(24)28-29(20)12-15/h5-13,18H,3-4H2,1-2H3,(H2,24,28)(H,25,30)(H,26,31)/t18-/m0/s1. The van der Waals surface area contributed by atoms with Gasteiger partial charge >= 0.3 is 0 Å². The molecule has 0 spiro atoms. The van der Waals surface area contributed by atoms with Crippen LogP contribution in [0.3, 0.4) is 0 Å². The molecule has 0 bridgehead atoms. The molecule has 4 aromatic rings. The lowest BCUT2D eigenvalue weighted by molar-refractivity contribution is 0.0936. The molecule has 0 aliphatic rings. The number of carbonyl (C=O) groups excluding carboxylic acids is 2. The molecule has 4 N–H and O–H groups in total. The second kappa shape index (κ2) is 9.19. The molecule has 1 aromatic carbocycles. The van der Waals surface area contributed by atoms with Gasteiger partial charge in [0, 0.05) is 18.3 Å². The van der Waals surface area contributed by atoms with E-state index in [-0.39, 0.29) is 23.8 Å². The molecule has 32 heavy (non-hydrogen) atoms. The van der Waals surface area contributed by atoms with Crippen LogP contribution in [0.1, 0.15) is 51.9 Å². The number of nitrogens with zero attached hydrogens (tertiary/aromatic N) is 3. The van der Waals surface area contributed by atoms with Crippen LogP contribution in [-0.2, 0) is 0 Å². The van der Waals surface area contributed by atoms with E-state index in [1.165, 1.54) is 15.9 Å². The van der Waals surface area contributed by atoms with Crippen LogP contribution in [0.2, 0.25) is 0 Å². The van der Waals surface area contributed by atoms with Gasteiger partial charge in [-0.15, -0.1) is 16.4 Å². The van der Waals surface area contributed by atoms with E-state index in [9.17, 15) is 9.59 Å². The van der Waals surface area contributed by atoms with Crippen molar-refractivity contribution in [2.45, 2.75) is 26.3 Å². The Morgan fingerprint density at radius 1 is 1.12 bits per heavy atom. The van der Waals surface area contributed by atoms with E-state index in [0.717, 1.165) is 23.1 Å². The van der Waals surface area contributed by atoms with Gasteiger partial charge in [0.2, 0.25) is 5.95 Å². The minimum absolute atomic E-state index is 0.0620. The number of fused-ring (bicyclic) bond motifs is 1. The predicted molar refractivity (Wildman–Crippen MR) is 126 cm³/mol. The van der Waals surface area contributed by atoms with Gasteiger partial charge in [0.15, 0.2) is 5.65 Å². The number of hydrogen-bond donors (Lipinski definition) is 3. The van der Waals surface area contributed by atoms with Crippen molar-refractivity contribution < 1.29 is 9.59 Å². The quantitative estimate of drug-likeness (QED) is 0.399. The molecule has 0 unspecified atom stereocenters. The Bertz CT molecular complexity index is 1260. The fourth-order valence-corrected chi connectivity index (χ4v) is 4.34. The first-order valence-electron chi connectivity index (χ1n) is 10.4. The Balaban J connectivity index is 1.63. The normalized spacial score (nSPS) is 11.9. The summed E-state index contributed by atoms with van der Waals surface area (Å²) in [6, 6.07) is 13.4. The lowest BCUT2D eigenvalue weighted by atomic mass is 10.0. The van der Waals surface area contributed by atoms with E-state index in [1.807, 2.05) is 55.6 Å². The van der Waals surface area contributed by atoms with Gasteiger partial charge in [-0.25, -0.2) is 4.52 Å². The number of rotatable bonds is 7. The zero-order valence-electron chi connectivity index (χ0n) is 17.8. The van der Waals surface area contributed by atoms with Crippen LogP contribution < -0.4 is 16.4 Å². The molecule has 3 heterocycles. The van der Waals surface area contributed by atoms with E-state index in [4.69, 9.17) is 5.73 Å². The zero-order chi connectivity index (χ0) is 22.7. The van der Waals surface area contributed by atoms with Crippen molar-refractivity contribution in [3.05, 3.63) is 70.0 Å². The molecule has 2 amide bonds. The second-order valence-electron chi connectivity index (χ2n) is 7.28. The molecule has 3 aromatic heterocycles. The fourth-order valence-electron chi connectivity index (χ4n) is 3.53. The molecule has 0 fully saturated rings. The van der Waals surface area contributed by atoms with Gasteiger partial charge in [-0.05, 0) is 42.0 Å². The van der Waals surface area contributed by atoms with Gasteiger partial charge in [0.1, 0.15) is 0 Å². The predicted octanol–water partition coefficient (Wildman–Crippen LogP) is 3.67. The Morgan fingerprint density at radius 3 is 2.62 bits per heavy atom. The number of benzene rings is 1. The monoisotopic (exact) mass is 448 g/mol. The van der Waals surface area contributed by atoms with Crippen molar-refractivity contribution in [2.24, 2.45) is 0 Å². The van der Waals surface area contributed by atoms with Crippen molar-refractivity contribution in [1.29, 1.82) is 0 Å². The molecule has 4 rings (SSSR count). The number of anilines is 1. The van der Waals surface area contributed by atoms with Crippen LogP contribution in [0.4, 0.5) is 5.95 Å². The third-order valence-corrected chi connectivity index (χ3v) is 6.03. The summed E-state index contributed by atoms with van der Waals surface area (Å²) < 4.78 is 1.50. The zero-order valence-corrected chi connectivity index (χ0v) is 18.6. The van der Waals surface area contributed by atoms with E-state index in [0.29, 0.717) is 22.6 Å². The molecular formula is C23H24N6O2S. The maximum atomic E-state index is 12.9. The van der Waals surface area contributed by atoms with Crippen molar-refractivity contribution >= 4 is 34.7 Å². The fraction of sp³-hybridized carbons (Fsp3) is 0.217. The van der Waals surface area contributed by atoms with Gasteiger partial charge in [-0.3, -0.25) is 9.59 Å². The Morgan fingerprint density at radius 2 is 1.91 bits per heavy atom. The molecule has 164 valence electrons. The molecule has 0 saturated carbocycles. The highest BCUT2D eigenvalue weighted by molar-refractivity contribution is 7.12. The summed E-state index contributed by atoms with van der Waals surface area (Å²) in [7, 11) is 0. The van der Waals surface area contributed by atoms with Crippen molar-refractivity contribution in [3.8, 4) is 11.1 Å². The molecule has 0 aliphatic carbocycles. The van der Waals surface area contributed by atoms with Crippen LogP contribution in [0, 0.1) is 0 Å². The topological polar surface area (TPSA) is 114 Å². The van der Waals surface area contributed by atoms with Gasteiger partial charge in [-0.1, -0.05) is 37.3 Å². The number of nitrogens with one attached hydrogen (secondary N) is 2. The van der Waals surface area contributed by atoms with Crippen molar-refractivity contribution in [1.82, 2.24) is 25.2 Å². The molecule has 0 saturated heterocycles. The number of nitrogens with two attached hydrogens (primary N) is 1. The number of pyridine rings is 1. The van der Waals surface area contributed by atoms with Crippen LogP contribution in [0.25, 0.3) is 16.8 Å². The van der Waals surface area contributed by atoms with Crippen LogP contribution in [-0.4, -0.2) is 33.0 Å². The number of nitrogen functional groups attached to an aromatic ring is 1. The van der Waals surface area contributed by atoms with Crippen LogP contribution in [0.5, 0.6) is 0 Å². The number of thiophene rings is 1. The first-order valence-corrected chi connectivity index (χ1v) is 11.3. The summed E-state index contributed by atoms with van der Waals surface area (Å²) in [6.07, 6.45) is 2.54. The Kier molecular flexibility index (Phi) is 6.18. The maximum Gasteiger partial charge on any atom is 0.261 e. The molecular weight excluding hydrogens is 424 g/mol. The molecule has 0 radical (unpaired) electrons. The highest BCUT2D eigenvalue weighted by Gasteiger charge is 2.19. The SMILES string of the molecule is CCNC(=O)c1cc(-c2csc(C(=O)N[C@@H](CC)c3ccccc3)c2)cn2nc(N)nc12. The number of hydrogen-bond acceptors (Lipinski definition) is 6. The minimum Gasteiger partial charge on any atom is -0.366 e. The molecule has 9 heteroatoms. The minimum atomic E-state index is -0.256. The summed E-state index contributed by atoms with van der Waals surface area (Å²) in [5, 5.41) is 11.9.